The van der Waals surface area contributed by atoms with E-state index in [4.69, 9.17) is 5.26 Å². The van der Waals surface area contributed by atoms with Crippen LogP contribution in [0.2, 0.25) is 0 Å². The van der Waals surface area contributed by atoms with Crippen LogP contribution in [0.5, 0.6) is 0 Å². The van der Waals surface area contributed by atoms with Crippen molar-refractivity contribution in [1.82, 2.24) is 9.88 Å². The molecule has 0 aliphatic carbocycles. The molecule has 0 bridgehead atoms. The number of hydrogen-bond donors (Lipinski definition) is 0. The van der Waals surface area contributed by atoms with Crippen LogP contribution in [-0.4, -0.2) is 16.9 Å². The summed E-state index contributed by atoms with van der Waals surface area (Å²) in [6, 6.07) is 14.4. The van der Waals surface area contributed by atoms with Crippen LogP contribution < -0.4 is 0 Å². The predicted octanol–water partition coefficient (Wildman–Crippen LogP) is 2.89. The molecule has 1 aromatic heterocycles. The van der Waals surface area contributed by atoms with Gasteiger partial charge in [0.2, 0.25) is 0 Å². The smallest absolute Gasteiger partial charge is 0.140 e. The van der Waals surface area contributed by atoms with Gasteiger partial charge in [-0.05, 0) is 37.2 Å². The van der Waals surface area contributed by atoms with Crippen LogP contribution in [0, 0.1) is 18.3 Å². The molecule has 0 saturated carbocycles. The second-order valence-electron chi connectivity index (χ2n) is 4.82. The Morgan fingerprint density at radius 1 is 1.11 bits per heavy atom. The third kappa shape index (κ3) is 3.90. The molecule has 19 heavy (non-hydrogen) atoms. The largest absolute Gasteiger partial charge is 0.298 e. The molecule has 3 nitrogen and oxygen atoms in total. The van der Waals surface area contributed by atoms with Gasteiger partial charge in [-0.25, -0.2) is 4.98 Å². The maximum Gasteiger partial charge on any atom is 0.140 e. The van der Waals surface area contributed by atoms with Crippen molar-refractivity contribution in [3.05, 3.63) is 65.0 Å². The Morgan fingerprint density at radius 3 is 2.47 bits per heavy atom. The van der Waals surface area contributed by atoms with Gasteiger partial charge in [-0.1, -0.05) is 29.8 Å². The Hall–Kier alpha value is -2.18. The Bertz CT molecular complexity index is 582. The fourth-order valence-electron chi connectivity index (χ4n) is 2.01. The monoisotopic (exact) mass is 251 g/mol. The third-order valence-electron chi connectivity index (χ3n) is 2.96. The van der Waals surface area contributed by atoms with Crippen LogP contribution in [0.25, 0.3) is 0 Å². The Balaban J connectivity index is 1.99. The first-order chi connectivity index (χ1) is 9.17. The lowest BCUT2D eigenvalue weighted by Gasteiger charge is -2.17. The molecule has 0 unspecified atom stereocenters. The highest BCUT2D eigenvalue weighted by molar-refractivity contribution is 5.25. The highest BCUT2D eigenvalue weighted by Gasteiger charge is 2.03. The molecule has 1 heterocycles. The van der Waals surface area contributed by atoms with Gasteiger partial charge in [0.15, 0.2) is 0 Å². The van der Waals surface area contributed by atoms with E-state index in [9.17, 15) is 0 Å². The van der Waals surface area contributed by atoms with Crippen molar-refractivity contribution in [1.29, 1.82) is 5.26 Å². The molecule has 0 aliphatic heterocycles. The van der Waals surface area contributed by atoms with Gasteiger partial charge in [0.1, 0.15) is 11.8 Å². The number of aryl methyl sites for hydroxylation is 1. The lowest BCUT2D eigenvalue weighted by atomic mass is 10.1. The van der Waals surface area contributed by atoms with Crippen LogP contribution in [0.1, 0.15) is 22.4 Å². The molecule has 3 heteroatoms. The van der Waals surface area contributed by atoms with E-state index in [1.165, 1.54) is 11.1 Å². The van der Waals surface area contributed by atoms with Crippen LogP contribution in [0.4, 0.5) is 0 Å². The van der Waals surface area contributed by atoms with Gasteiger partial charge in [-0.2, -0.15) is 5.26 Å². The highest BCUT2D eigenvalue weighted by Crippen LogP contribution is 2.09. The summed E-state index contributed by atoms with van der Waals surface area (Å²) in [5, 5.41) is 8.83. The molecule has 0 fully saturated rings. The quantitative estimate of drug-likeness (QED) is 0.838. The first-order valence-corrected chi connectivity index (χ1v) is 6.26. The summed E-state index contributed by atoms with van der Waals surface area (Å²) >= 11 is 0. The van der Waals surface area contributed by atoms with Gasteiger partial charge in [0.05, 0.1) is 0 Å². The molecule has 0 amide bonds. The Kier molecular flexibility index (Phi) is 4.27. The van der Waals surface area contributed by atoms with Crippen molar-refractivity contribution in [3.8, 4) is 6.07 Å². The molecule has 0 atom stereocenters. The highest BCUT2D eigenvalue weighted by atomic mass is 15.1. The summed E-state index contributed by atoms with van der Waals surface area (Å²) in [4.78, 5) is 6.20. The molecular formula is C16H17N3. The minimum atomic E-state index is 0.473. The molecule has 0 radical (unpaired) electrons. The minimum Gasteiger partial charge on any atom is -0.298 e. The number of aromatic nitrogens is 1. The van der Waals surface area contributed by atoms with Crippen molar-refractivity contribution in [2.75, 3.05) is 7.05 Å². The van der Waals surface area contributed by atoms with Crippen LogP contribution in [0.15, 0.2) is 42.6 Å². The van der Waals surface area contributed by atoms with E-state index in [2.05, 4.69) is 54.2 Å². The standard InChI is InChI=1S/C16H17N3/c1-13-3-5-14(6-4-13)11-19(2)12-15-7-8-18-16(9-15)10-17/h3-9H,11-12H2,1-2H3. The lowest BCUT2D eigenvalue weighted by Crippen LogP contribution is -2.17. The van der Waals surface area contributed by atoms with Crippen molar-refractivity contribution < 1.29 is 0 Å². The van der Waals surface area contributed by atoms with Crippen LogP contribution in [0.3, 0.4) is 0 Å². The maximum absolute atomic E-state index is 8.83. The summed E-state index contributed by atoms with van der Waals surface area (Å²) in [6.07, 6.45) is 1.69. The molecule has 0 aliphatic rings. The number of nitrogens with zero attached hydrogens (tertiary/aromatic N) is 3. The number of hydrogen-bond acceptors (Lipinski definition) is 3. The van der Waals surface area contributed by atoms with Gasteiger partial charge in [-0.15, -0.1) is 0 Å². The number of benzene rings is 1. The average molecular weight is 251 g/mol. The summed E-state index contributed by atoms with van der Waals surface area (Å²) < 4.78 is 0. The summed E-state index contributed by atoms with van der Waals surface area (Å²) in [5.74, 6) is 0. The van der Waals surface area contributed by atoms with Gasteiger partial charge >= 0.3 is 0 Å². The topological polar surface area (TPSA) is 39.9 Å². The average Bonchev–Trinajstić information content (AvgIpc) is 2.41. The number of pyridine rings is 1. The molecular weight excluding hydrogens is 234 g/mol. The van der Waals surface area contributed by atoms with Crippen LogP contribution >= 0.6 is 0 Å². The molecule has 0 spiro atoms. The number of nitriles is 1. The van der Waals surface area contributed by atoms with E-state index in [0.717, 1.165) is 18.7 Å². The first-order valence-electron chi connectivity index (χ1n) is 6.26. The van der Waals surface area contributed by atoms with Crippen molar-refractivity contribution in [2.24, 2.45) is 0 Å². The van der Waals surface area contributed by atoms with Gasteiger partial charge in [0.25, 0.3) is 0 Å². The first kappa shape index (κ1) is 13.3. The molecule has 2 rings (SSSR count). The van der Waals surface area contributed by atoms with Gasteiger partial charge in [-0.3, -0.25) is 4.90 Å². The molecule has 0 saturated heterocycles. The minimum absolute atomic E-state index is 0.473. The molecule has 0 N–H and O–H groups in total. The van der Waals surface area contributed by atoms with E-state index >= 15 is 0 Å². The third-order valence-corrected chi connectivity index (χ3v) is 2.96. The Labute approximate surface area is 114 Å². The van der Waals surface area contributed by atoms with E-state index in [-0.39, 0.29) is 0 Å². The van der Waals surface area contributed by atoms with Crippen molar-refractivity contribution in [2.45, 2.75) is 20.0 Å². The summed E-state index contributed by atoms with van der Waals surface area (Å²) in [7, 11) is 2.08. The van der Waals surface area contributed by atoms with E-state index in [0.29, 0.717) is 5.69 Å². The molecule has 2 aromatic rings. The van der Waals surface area contributed by atoms with Gasteiger partial charge in [0, 0.05) is 19.3 Å². The summed E-state index contributed by atoms with van der Waals surface area (Å²) in [6.45, 7) is 3.80. The fraction of sp³-hybridized carbons (Fsp3) is 0.250. The lowest BCUT2D eigenvalue weighted by molar-refractivity contribution is 0.319. The normalized spacial score (nSPS) is 10.4. The predicted molar refractivity (Wildman–Crippen MR) is 75.3 cm³/mol. The summed E-state index contributed by atoms with van der Waals surface area (Å²) in [5.41, 5.74) is 4.16. The molecule has 96 valence electrons. The second kappa shape index (κ2) is 6.12. The van der Waals surface area contributed by atoms with Gasteiger partial charge < -0.3 is 0 Å². The second-order valence-corrected chi connectivity index (χ2v) is 4.82. The SMILES string of the molecule is Cc1ccc(CN(C)Cc2ccnc(C#N)c2)cc1. The van der Waals surface area contributed by atoms with E-state index in [1.807, 2.05) is 12.1 Å². The van der Waals surface area contributed by atoms with Crippen molar-refractivity contribution in [3.63, 3.8) is 0 Å². The Morgan fingerprint density at radius 2 is 1.79 bits per heavy atom. The number of rotatable bonds is 4. The molecule has 1 aromatic carbocycles. The van der Waals surface area contributed by atoms with Crippen LogP contribution in [-0.2, 0) is 13.1 Å². The van der Waals surface area contributed by atoms with Crippen molar-refractivity contribution >= 4 is 0 Å². The van der Waals surface area contributed by atoms with E-state index < -0.39 is 0 Å². The zero-order valence-corrected chi connectivity index (χ0v) is 11.3. The fourth-order valence-corrected chi connectivity index (χ4v) is 2.01. The maximum atomic E-state index is 8.83. The van der Waals surface area contributed by atoms with E-state index in [1.54, 1.807) is 6.20 Å². The zero-order chi connectivity index (χ0) is 13.7. The zero-order valence-electron chi connectivity index (χ0n) is 11.3.